The Labute approximate surface area is 67.1 Å². The predicted octanol–water partition coefficient (Wildman–Crippen LogP) is 0.535. The number of hydrogen-bond acceptors (Lipinski definition) is 3. The van der Waals surface area contributed by atoms with Gasteiger partial charge in [-0.25, -0.2) is 4.79 Å². The van der Waals surface area contributed by atoms with E-state index in [9.17, 15) is 4.79 Å². The molecule has 0 aliphatic carbocycles. The second-order valence-corrected chi connectivity index (χ2v) is 2.03. The second-order valence-electron chi connectivity index (χ2n) is 2.03. The third kappa shape index (κ3) is 4.61. The maximum atomic E-state index is 10.9. The first-order valence-corrected chi connectivity index (χ1v) is 3.38. The molecule has 4 heteroatoms. The van der Waals surface area contributed by atoms with E-state index in [4.69, 9.17) is 4.74 Å². The highest BCUT2D eigenvalue weighted by atomic mass is 16.6. The van der Waals surface area contributed by atoms with Crippen LogP contribution in [0.3, 0.4) is 0 Å². The van der Waals surface area contributed by atoms with Gasteiger partial charge < -0.3 is 14.4 Å². The lowest BCUT2D eigenvalue weighted by atomic mass is 10.6. The van der Waals surface area contributed by atoms with Crippen LogP contribution in [0.1, 0.15) is 0 Å². The highest BCUT2D eigenvalue weighted by Crippen LogP contribution is 1.88. The van der Waals surface area contributed by atoms with Crippen molar-refractivity contribution in [1.82, 2.24) is 4.90 Å². The number of methoxy groups -OCH3 is 1. The quantitative estimate of drug-likeness (QED) is 0.602. The van der Waals surface area contributed by atoms with Crippen molar-refractivity contribution >= 4 is 6.09 Å². The smallest absolute Gasteiger partial charge is 0.409 e. The van der Waals surface area contributed by atoms with E-state index in [0.29, 0.717) is 13.2 Å². The Hall–Kier alpha value is -0.770. The van der Waals surface area contributed by atoms with Gasteiger partial charge in [-0.15, -0.1) is 0 Å². The number of likely N-dealkylation sites (N-methyl/N-ethyl adjacent to an activating group) is 1. The maximum absolute atomic E-state index is 10.9. The highest BCUT2D eigenvalue weighted by molar-refractivity contribution is 5.67. The van der Waals surface area contributed by atoms with E-state index in [1.807, 2.05) is 0 Å². The van der Waals surface area contributed by atoms with Crippen molar-refractivity contribution in [3.05, 3.63) is 6.92 Å². The average molecular weight is 160 g/mol. The Morgan fingerprint density at radius 2 is 2.27 bits per heavy atom. The molecule has 65 valence electrons. The van der Waals surface area contributed by atoms with Gasteiger partial charge in [-0.05, 0) is 6.92 Å². The molecule has 0 fully saturated rings. The second kappa shape index (κ2) is 5.97. The number of hydrogen-bond donors (Lipinski definition) is 0. The van der Waals surface area contributed by atoms with Gasteiger partial charge in [-0.2, -0.15) is 0 Å². The van der Waals surface area contributed by atoms with Crippen LogP contribution in [0.25, 0.3) is 0 Å². The topological polar surface area (TPSA) is 38.8 Å². The molecule has 0 aromatic rings. The third-order valence-electron chi connectivity index (χ3n) is 1.17. The molecule has 0 aromatic carbocycles. The van der Waals surface area contributed by atoms with E-state index in [1.54, 1.807) is 14.2 Å². The van der Waals surface area contributed by atoms with E-state index in [-0.39, 0.29) is 12.7 Å². The van der Waals surface area contributed by atoms with Crippen molar-refractivity contribution in [1.29, 1.82) is 0 Å². The molecule has 1 amide bonds. The maximum Gasteiger partial charge on any atom is 0.409 e. The van der Waals surface area contributed by atoms with Gasteiger partial charge in [0.25, 0.3) is 0 Å². The van der Waals surface area contributed by atoms with Gasteiger partial charge in [0.1, 0.15) is 0 Å². The average Bonchev–Trinajstić information content (AvgIpc) is 2.00. The molecular weight excluding hydrogens is 146 g/mol. The summed E-state index contributed by atoms with van der Waals surface area (Å²) in [6.07, 6.45) is -0.364. The highest BCUT2D eigenvalue weighted by Gasteiger charge is 2.06. The fourth-order valence-corrected chi connectivity index (χ4v) is 0.517. The minimum Gasteiger partial charge on any atom is -0.449 e. The Bertz CT molecular complexity index is 116. The summed E-state index contributed by atoms with van der Waals surface area (Å²) in [6.45, 7) is 4.60. The number of amides is 1. The fourth-order valence-electron chi connectivity index (χ4n) is 0.517. The van der Waals surface area contributed by atoms with E-state index >= 15 is 0 Å². The lowest BCUT2D eigenvalue weighted by molar-refractivity contribution is 0.105. The summed E-state index contributed by atoms with van der Waals surface area (Å²) >= 11 is 0. The van der Waals surface area contributed by atoms with Gasteiger partial charge in [-0.3, -0.25) is 0 Å². The summed E-state index contributed by atoms with van der Waals surface area (Å²) in [7, 11) is 3.23. The van der Waals surface area contributed by atoms with Crippen molar-refractivity contribution in [2.24, 2.45) is 0 Å². The zero-order chi connectivity index (χ0) is 8.69. The van der Waals surface area contributed by atoms with Crippen LogP contribution in [0.2, 0.25) is 0 Å². The SMILES string of the molecule is [CH2]COC(=O)N(C)CCOC. The van der Waals surface area contributed by atoms with Crippen LogP contribution in [-0.4, -0.2) is 44.9 Å². The zero-order valence-electron chi connectivity index (χ0n) is 7.00. The van der Waals surface area contributed by atoms with E-state index in [2.05, 4.69) is 11.7 Å². The van der Waals surface area contributed by atoms with Crippen LogP contribution in [0.15, 0.2) is 0 Å². The van der Waals surface area contributed by atoms with Crippen molar-refractivity contribution in [2.45, 2.75) is 0 Å². The molecule has 4 nitrogen and oxygen atoms in total. The first-order chi connectivity index (χ1) is 5.22. The molecule has 11 heavy (non-hydrogen) atoms. The standard InChI is InChI=1S/C7H14NO3/c1-4-11-7(9)8(2)5-6-10-3/h1,4-6H2,2-3H3. The fraction of sp³-hybridized carbons (Fsp3) is 0.714. The first kappa shape index (κ1) is 10.2. The predicted molar refractivity (Wildman–Crippen MR) is 41.2 cm³/mol. The Kier molecular flexibility index (Phi) is 5.56. The van der Waals surface area contributed by atoms with Crippen molar-refractivity contribution < 1.29 is 14.3 Å². The Morgan fingerprint density at radius 3 is 2.73 bits per heavy atom. The minimum atomic E-state index is -0.364. The lowest BCUT2D eigenvalue weighted by Gasteiger charge is -2.15. The van der Waals surface area contributed by atoms with E-state index < -0.39 is 0 Å². The summed E-state index contributed by atoms with van der Waals surface area (Å²) in [5.41, 5.74) is 0. The van der Waals surface area contributed by atoms with Crippen LogP contribution < -0.4 is 0 Å². The van der Waals surface area contributed by atoms with Crippen LogP contribution in [-0.2, 0) is 9.47 Å². The van der Waals surface area contributed by atoms with Gasteiger partial charge in [0, 0.05) is 20.7 Å². The Balaban J connectivity index is 3.46. The molecule has 0 N–H and O–H groups in total. The lowest BCUT2D eigenvalue weighted by Crippen LogP contribution is -2.30. The largest absolute Gasteiger partial charge is 0.449 e. The van der Waals surface area contributed by atoms with Gasteiger partial charge in [-0.1, -0.05) is 0 Å². The molecule has 0 aliphatic heterocycles. The van der Waals surface area contributed by atoms with Crippen LogP contribution in [0.4, 0.5) is 4.79 Å². The minimum absolute atomic E-state index is 0.163. The number of rotatable bonds is 4. The number of ether oxygens (including phenoxy) is 2. The van der Waals surface area contributed by atoms with Crippen LogP contribution >= 0.6 is 0 Å². The molecular formula is C7H14NO3. The normalized spacial score (nSPS) is 9.36. The molecule has 0 saturated heterocycles. The van der Waals surface area contributed by atoms with Gasteiger partial charge in [0.15, 0.2) is 0 Å². The molecule has 0 aliphatic rings. The third-order valence-corrected chi connectivity index (χ3v) is 1.17. The Morgan fingerprint density at radius 1 is 1.64 bits per heavy atom. The molecule has 0 spiro atoms. The summed E-state index contributed by atoms with van der Waals surface area (Å²) in [5.74, 6) is 0. The zero-order valence-corrected chi connectivity index (χ0v) is 7.00. The number of carbonyl (C=O) groups excluding carboxylic acids is 1. The van der Waals surface area contributed by atoms with Crippen LogP contribution in [0.5, 0.6) is 0 Å². The summed E-state index contributed by atoms with van der Waals surface area (Å²) < 4.78 is 9.40. The monoisotopic (exact) mass is 160 g/mol. The summed E-state index contributed by atoms with van der Waals surface area (Å²) in [4.78, 5) is 12.3. The molecule has 1 radical (unpaired) electrons. The molecule has 0 aromatic heterocycles. The molecule has 0 atom stereocenters. The molecule has 0 rings (SSSR count). The summed E-state index contributed by atoms with van der Waals surface area (Å²) in [5, 5.41) is 0. The van der Waals surface area contributed by atoms with Crippen molar-refractivity contribution in [3.63, 3.8) is 0 Å². The molecule has 0 unspecified atom stereocenters. The van der Waals surface area contributed by atoms with E-state index in [0.717, 1.165) is 0 Å². The molecule has 0 bridgehead atoms. The molecule has 0 saturated carbocycles. The van der Waals surface area contributed by atoms with Gasteiger partial charge in [0.2, 0.25) is 0 Å². The van der Waals surface area contributed by atoms with Crippen molar-refractivity contribution in [2.75, 3.05) is 33.9 Å². The summed E-state index contributed by atoms with van der Waals surface area (Å²) in [6, 6.07) is 0. The first-order valence-electron chi connectivity index (χ1n) is 3.38. The number of nitrogens with zero attached hydrogens (tertiary/aromatic N) is 1. The van der Waals surface area contributed by atoms with Gasteiger partial charge in [0.05, 0.1) is 13.2 Å². The van der Waals surface area contributed by atoms with Gasteiger partial charge >= 0.3 is 6.09 Å². The molecule has 0 heterocycles. The number of carbonyl (C=O) groups is 1. The van der Waals surface area contributed by atoms with E-state index in [1.165, 1.54) is 4.90 Å². The van der Waals surface area contributed by atoms with Crippen molar-refractivity contribution in [3.8, 4) is 0 Å². The van der Waals surface area contributed by atoms with Crippen LogP contribution in [0, 0.1) is 6.92 Å².